The summed E-state index contributed by atoms with van der Waals surface area (Å²) in [7, 11) is 0. The lowest BCUT2D eigenvalue weighted by atomic mass is 10.1. The van der Waals surface area contributed by atoms with Gasteiger partial charge in [0, 0.05) is 50.8 Å². The zero-order valence-corrected chi connectivity index (χ0v) is 15.3. The van der Waals surface area contributed by atoms with E-state index in [4.69, 9.17) is 0 Å². The SMILES string of the molecule is CCn1ccnc1N1CCN(CC(=O)Nc2cc(C)ccc2C)CC1. The number of amides is 1. The summed E-state index contributed by atoms with van der Waals surface area (Å²) in [4.78, 5) is 21.3. The van der Waals surface area contributed by atoms with Gasteiger partial charge in [0.15, 0.2) is 0 Å². The lowest BCUT2D eigenvalue weighted by Crippen LogP contribution is -2.49. The number of hydrogen-bond donors (Lipinski definition) is 1. The maximum atomic E-state index is 12.4. The Morgan fingerprint density at radius 2 is 1.96 bits per heavy atom. The molecule has 2 heterocycles. The van der Waals surface area contributed by atoms with E-state index in [1.54, 1.807) is 0 Å². The van der Waals surface area contributed by atoms with Crippen LogP contribution in [0.15, 0.2) is 30.6 Å². The summed E-state index contributed by atoms with van der Waals surface area (Å²) in [5, 5.41) is 3.04. The van der Waals surface area contributed by atoms with Gasteiger partial charge < -0.3 is 14.8 Å². The number of imidazole rings is 1. The highest BCUT2D eigenvalue weighted by molar-refractivity contribution is 5.93. The van der Waals surface area contributed by atoms with Gasteiger partial charge in [-0.15, -0.1) is 0 Å². The molecule has 1 aromatic carbocycles. The fraction of sp³-hybridized carbons (Fsp3) is 0.474. The highest BCUT2D eigenvalue weighted by atomic mass is 16.2. The van der Waals surface area contributed by atoms with Gasteiger partial charge in [-0.2, -0.15) is 0 Å². The van der Waals surface area contributed by atoms with E-state index < -0.39 is 0 Å². The van der Waals surface area contributed by atoms with Gasteiger partial charge in [0.25, 0.3) is 0 Å². The number of carbonyl (C=O) groups excluding carboxylic acids is 1. The molecule has 1 fully saturated rings. The van der Waals surface area contributed by atoms with Gasteiger partial charge in [0.05, 0.1) is 6.54 Å². The highest BCUT2D eigenvalue weighted by Crippen LogP contribution is 2.17. The number of aryl methyl sites for hydroxylation is 3. The molecule has 3 rings (SSSR count). The van der Waals surface area contributed by atoms with Crippen LogP contribution in [-0.4, -0.2) is 53.1 Å². The van der Waals surface area contributed by atoms with Crippen LogP contribution in [0.25, 0.3) is 0 Å². The lowest BCUT2D eigenvalue weighted by molar-refractivity contribution is -0.117. The zero-order valence-electron chi connectivity index (χ0n) is 15.3. The molecule has 0 bridgehead atoms. The van der Waals surface area contributed by atoms with E-state index in [9.17, 15) is 4.79 Å². The van der Waals surface area contributed by atoms with E-state index in [0.29, 0.717) is 6.54 Å². The van der Waals surface area contributed by atoms with Crippen LogP contribution < -0.4 is 10.2 Å². The van der Waals surface area contributed by atoms with Crippen LogP contribution in [0.4, 0.5) is 11.6 Å². The standard InChI is InChI=1S/C19H27N5O/c1-4-23-8-7-20-19(23)24-11-9-22(10-12-24)14-18(25)21-17-13-15(2)5-6-16(17)3/h5-8,13H,4,9-12,14H2,1-3H3,(H,21,25). The van der Waals surface area contributed by atoms with Crippen molar-refractivity contribution in [2.24, 2.45) is 0 Å². The van der Waals surface area contributed by atoms with Crippen molar-refractivity contribution in [2.45, 2.75) is 27.3 Å². The second kappa shape index (κ2) is 7.70. The van der Waals surface area contributed by atoms with Crippen molar-refractivity contribution in [1.82, 2.24) is 14.5 Å². The summed E-state index contributed by atoms with van der Waals surface area (Å²) >= 11 is 0. The maximum Gasteiger partial charge on any atom is 0.238 e. The molecule has 0 spiro atoms. The molecule has 1 aliphatic heterocycles. The number of benzene rings is 1. The van der Waals surface area contributed by atoms with Gasteiger partial charge in [-0.25, -0.2) is 4.98 Å². The number of hydrogen-bond acceptors (Lipinski definition) is 4. The quantitative estimate of drug-likeness (QED) is 0.906. The van der Waals surface area contributed by atoms with Crippen LogP contribution in [0.5, 0.6) is 0 Å². The Hall–Kier alpha value is -2.34. The fourth-order valence-electron chi connectivity index (χ4n) is 3.20. The van der Waals surface area contributed by atoms with Crippen molar-refractivity contribution in [2.75, 3.05) is 42.9 Å². The van der Waals surface area contributed by atoms with Crippen LogP contribution in [0.3, 0.4) is 0 Å². The van der Waals surface area contributed by atoms with Crippen molar-refractivity contribution in [3.63, 3.8) is 0 Å². The minimum absolute atomic E-state index is 0.0530. The monoisotopic (exact) mass is 341 g/mol. The van der Waals surface area contributed by atoms with E-state index in [-0.39, 0.29) is 5.91 Å². The third-order valence-electron chi connectivity index (χ3n) is 4.72. The number of piperazine rings is 1. The highest BCUT2D eigenvalue weighted by Gasteiger charge is 2.21. The first-order valence-corrected chi connectivity index (χ1v) is 8.92. The first-order chi connectivity index (χ1) is 12.1. The van der Waals surface area contributed by atoms with E-state index in [1.807, 2.05) is 38.4 Å². The average molecular weight is 341 g/mol. The van der Waals surface area contributed by atoms with Crippen molar-refractivity contribution in [1.29, 1.82) is 0 Å². The third kappa shape index (κ3) is 4.20. The molecule has 134 valence electrons. The Morgan fingerprint density at radius 1 is 1.20 bits per heavy atom. The molecule has 25 heavy (non-hydrogen) atoms. The number of rotatable bonds is 5. The number of aromatic nitrogens is 2. The summed E-state index contributed by atoms with van der Waals surface area (Å²) in [5.41, 5.74) is 3.16. The maximum absolute atomic E-state index is 12.4. The second-order valence-corrected chi connectivity index (χ2v) is 6.64. The van der Waals surface area contributed by atoms with Gasteiger partial charge in [-0.05, 0) is 38.0 Å². The molecular weight excluding hydrogens is 314 g/mol. The molecule has 6 nitrogen and oxygen atoms in total. The smallest absolute Gasteiger partial charge is 0.238 e. The largest absolute Gasteiger partial charge is 0.340 e. The minimum Gasteiger partial charge on any atom is -0.340 e. The van der Waals surface area contributed by atoms with Crippen LogP contribution in [-0.2, 0) is 11.3 Å². The molecular formula is C19H27N5O. The molecule has 0 aliphatic carbocycles. The minimum atomic E-state index is 0.0530. The molecule has 0 unspecified atom stereocenters. The fourth-order valence-corrected chi connectivity index (χ4v) is 3.20. The van der Waals surface area contributed by atoms with Gasteiger partial charge in [0.1, 0.15) is 0 Å². The molecule has 1 amide bonds. The van der Waals surface area contributed by atoms with Gasteiger partial charge >= 0.3 is 0 Å². The summed E-state index contributed by atoms with van der Waals surface area (Å²) in [6.45, 7) is 11.1. The van der Waals surface area contributed by atoms with E-state index in [0.717, 1.165) is 55.5 Å². The molecule has 0 radical (unpaired) electrons. The van der Waals surface area contributed by atoms with Gasteiger partial charge in [-0.1, -0.05) is 12.1 Å². The van der Waals surface area contributed by atoms with Crippen LogP contribution in [0, 0.1) is 13.8 Å². The Bertz CT molecular complexity index is 731. The molecule has 6 heteroatoms. The van der Waals surface area contributed by atoms with Crippen LogP contribution >= 0.6 is 0 Å². The zero-order chi connectivity index (χ0) is 17.8. The third-order valence-corrected chi connectivity index (χ3v) is 4.72. The molecule has 0 saturated carbocycles. The normalized spacial score (nSPS) is 15.4. The van der Waals surface area contributed by atoms with Crippen molar-refractivity contribution in [3.8, 4) is 0 Å². The summed E-state index contributed by atoms with van der Waals surface area (Å²) in [5.74, 6) is 1.08. The van der Waals surface area contributed by atoms with E-state index in [1.165, 1.54) is 0 Å². The van der Waals surface area contributed by atoms with Crippen molar-refractivity contribution >= 4 is 17.5 Å². The first kappa shape index (κ1) is 17.5. The number of nitrogens with zero attached hydrogens (tertiary/aromatic N) is 4. The van der Waals surface area contributed by atoms with Crippen molar-refractivity contribution in [3.05, 3.63) is 41.7 Å². The topological polar surface area (TPSA) is 53.4 Å². The van der Waals surface area contributed by atoms with Gasteiger partial charge in [-0.3, -0.25) is 9.69 Å². The molecule has 2 aromatic rings. The number of anilines is 2. The van der Waals surface area contributed by atoms with E-state index in [2.05, 4.69) is 37.7 Å². The second-order valence-electron chi connectivity index (χ2n) is 6.64. The Balaban J connectivity index is 1.52. The van der Waals surface area contributed by atoms with Crippen molar-refractivity contribution < 1.29 is 4.79 Å². The molecule has 1 aromatic heterocycles. The van der Waals surface area contributed by atoms with Gasteiger partial charge in [0.2, 0.25) is 11.9 Å². The van der Waals surface area contributed by atoms with Crippen LogP contribution in [0.2, 0.25) is 0 Å². The molecule has 1 aliphatic rings. The summed E-state index contributed by atoms with van der Waals surface area (Å²) in [6, 6.07) is 6.12. The average Bonchev–Trinajstić information content (AvgIpc) is 3.07. The first-order valence-electron chi connectivity index (χ1n) is 8.92. The van der Waals surface area contributed by atoms with E-state index >= 15 is 0 Å². The van der Waals surface area contributed by atoms with Crippen LogP contribution in [0.1, 0.15) is 18.1 Å². The number of nitrogens with one attached hydrogen (secondary N) is 1. The Labute approximate surface area is 149 Å². The molecule has 1 saturated heterocycles. The predicted octanol–water partition coefficient (Wildman–Crippen LogP) is 2.28. The predicted molar refractivity (Wildman–Crippen MR) is 101 cm³/mol. The lowest BCUT2D eigenvalue weighted by Gasteiger charge is -2.35. The molecule has 0 atom stereocenters. The molecule has 1 N–H and O–H groups in total. The summed E-state index contributed by atoms with van der Waals surface area (Å²) in [6.07, 6.45) is 3.86. The summed E-state index contributed by atoms with van der Waals surface area (Å²) < 4.78 is 2.16. The Morgan fingerprint density at radius 3 is 2.68 bits per heavy atom. The number of carbonyl (C=O) groups is 1. The Kier molecular flexibility index (Phi) is 5.38.